The van der Waals surface area contributed by atoms with E-state index >= 15 is 0 Å². The summed E-state index contributed by atoms with van der Waals surface area (Å²) < 4.78 is 0. The van der Waals surface area contributed by atoms with Gasteiger partial charge in [-0.3, -0.25) is 0 Å². The fourth-order valence-electron chi connectivity index (χ4n) is 11.7. The van der Waals surface area contributed by atoms with Gasteiger partial charge in [0.05, 0.1) is 11.4 Å². The van der Waals surface area contributed by atoms with Crippen LogP contribution in [-0.4, -0.2) is 0 Å². The maximum Gasteiger partial charge on any atom is 0.0543 e. The zero-order valence-electron chi connectivity index (χ0n) is 45.2. The Morgan fingerprint density at radius 2 is 0.639 bits per heavy atom. The number of rotatable bonds is 12. The molecule has 0 aliphatic rings. The zero-order valence-corrected chi connectivity index (χ0v) is 45.2. The van der Waals surface area contributed by atoms with Crippen molar-refractivity contribution in [2.45, 2.75) is 121 Å². The fourth-order valence-corrected chi connectivity index (χ4v) is 11.7. The lowest BCUT2D eigenvalue weighted by atomic mass is 9.83. The first-order valence-corrected chi connectivity index (χ1v) is 26.4. The van der Waals surface area contributed by atoms with Crippen LogP contribution in [0.2, 0.25) is 0 Å². The van der Waals surface area contributed by atoms with E-state index in [2.05, 4.69) is 264 Å². The molecule has 362 valence electrons. The molecule has 0 heterocycles. The van der Waals surface area contributed by atoms with Gasteiger partial charge in [0.2, 0.25) is 0 Å². The number of nitrogens with zero attached hydrogens (tertiary/aromatic N) is 2. The van der Waals surface area contributed by atoms with Crippen molar-refractivity contribution in [3.05, 3.63) is 213 Å². The molecule has 0 bridgehead atoms. The van der Waals surface area contributed by atoms with Crippen LogP contribution < -0.4 is 9.80 Å². The van der Waals surface area contributed by atoms with Gasteiger partial charge in [-0.1, -0.05) is 165 Å². The summed E-state index contributed by atoms with van der Waals surface area (Å²) in [5, 5.41) is 7.83. The van der Waals surface area contributed by atoms with Crippen LogP contribution in [0.5, 0.6) is 0 Å². The van der Waals surface area contributed by atoms with Gasteiger partial charge in [0.25, 0.3) is 0 Å². The molecule has 10 rings (SSSR count). The van der Waals surface area contributed by atoms with Crippen LogP contribution in [-0.2, 0) is 0 Å². The van der Waals surface area contributed by atoms with Crippen LogP contribution in [0, 0.1) is 41.5 Å². The molecule has 0 saturated heterocycles. The van der Waals surface area contributed by atoms with Gasteiger partial charge in [-0.2, -0.15) is 0 Å². The van der Waals surface area contributed by atoms with Crippen molar-refractivity contribution in [1.29, 1.82) is 0 Å². The summed E-state index contributed by atoms with van der Waals surface area (Å²) in [6, 6.07) is 60.9. The molecule has 0 spiro atoms. The Labute approximate surface area is 430 Å². The Balaban J connectivity index is 1.33. The normalized spacial score (nSPS) is 12.0. The average Bonchev–Trinajstić information content (AvgIpc) is 3.35. The molecule has 0 N–H and O–H groups in total. The highest BCUT2D eigenvalue weighted by molar-refractivity contribution is 6.29. The number of hydrogen-bond donors (Lipinski definition) is 0. The van der Waals surface area contributed by atoms with Crippen LogP contribution in [0.4, 0.5) is 34.1 Å². The molecule has 0 aliphatic carbocycles. The third kappa shape index (κ3) is 8.43. The topological polar surface area (TPSA) is 6.48 Å². The van der Waals surface area contributed by atoms with Crippen molar-refractivity contribution in [2.24, 2.45) is 0 Å². The summed E-state index contributed by atoms with van der Waals surface area (Å²) in [6.45, 7) is 32.2. The Morgan fingerprint density at radius 3 is 0.986 bits per heavy atom. The van der Waals surface area contributed by atoms with E-state index in [-0.39, 0.29) is 11.8 Å². The molecule has 0 unspecified atom stereocenters. The van der Waals surface area contributed by atoms with Gasteiger partial charge in [-0.15, -0.1) is 0 Å². The molecular weight excluding hydrogens is 869 g/mol. The molecule has 2 nitrogen and oxygen atoms in total. The standard InChI is InChI=1S/C70H72N2/c1-41(2)51-23-17-25-55(35-51)71(63-37-53(29-27-45(63)9)67-47(11)19-15-20-48(67)12)65-39-61(43(5)6)57-32-34-60-66(40-62(44(7)8)58-31-33-59(65)69(57)70(58)60)72(56-26-18-24-52(36-56)42(3)4)64-38-54(30-28-46(64)10)68-49(13)21-16-22-50(68)14/h15-44H,1-14H3. The molecule has 2 heteroatoms. The fraction of sp³-hybridized carbons (Fsp3) is 0.257. The summed E-state index contributed by atoms with van der Waals surface area (Å²) in [4.78, 5) is 5.18. The Hall–Kier alpha value is -7.16. The lowest BCUT2D eigenvalue weighted by Crippen LogP contribution is -2.15. The van der Waals surface area contributed by atoms with Crippen molar-refractivity contribution in [3.63, 3.8) is 0 Å². The van der Waals surface area contributed by atoms with Crippen molar-refractivity contribution in [2.75, 3.05) is 9.80 Å². The van der Waals surface area contributed by atoms with Crippen molar-refractivity contribution in [1.82, 2.24) is 0 Å². The summed E-state index contributed by atoms with van der Waals surface area (Å²) in [5.41, 5.74) is 25.2. The van der Waals surface area contributed by atoms with Crippen molar-refractivity contribution >= 4 is 66.4 Å². The Kier molecular flexibility index (Phi) is 12.9. The lowest BCUT2D eigenvalue weighted by Gasteiger charge is -2.33. The van der Waals surface area contributed by atoms with E-state index in [4.69, 9.17) is 0 Å². The smallest absolute Gasteiger partial charge is 0.0543 e. The Morgan fingerprint density at radius 1 is 0.292 bits per heavy atom. The van der Waals surface area contributed by atoms with Crippen LogP contribution in [0.1, 0.15) is 135 Å². The predicted octanol–water partition coefficient (Wildman–Crippen LogP) is 21.2. The highest BCUT2D eigenvalue weighted by Gasteiger charge is 2.28. The summed E-state index contributed by atoms with van der Waals surface area (Å²) >= 11 is 0. The molecule has 0 saturated carbocycles. The SMILES string of the molecule is Cc1ccc(-c2c(C)cccc2C)cc1N(c1cccc(C(C)C)c1)c1cc(C(C)C)c2ccc3c(N(c4cccc(C(C)C)c4)c4cc(-c5c(C)cccc5C)ccc4C)cc(C(C)C)c4ccc1c2c43. The van der Waals surface area contributed by atoms with Gasteiger partial charge in [0.15, 0.2) is 0 Å². The highest BCUT2D eigenvalue weighted by Crippen LogP contribution is 2.52. The molecule has 10 aromatic rings. The van der Waals surface area contributed by atoms with E-state index in [9.17, 15) is 0 Å². The van der Waals surface area contributed by atoms with Gasteiger partial charge >= 0.3 is 0 Å². The first-order chi connectivity index (χ1) is 34.5. The van der Waals surface area contributed by atoms with Gasteiger partial charge < -0.3 is 9.80 Å². The lowest BCUT2D eigenvalue weighted by molar-refractivity contribution is 0.866. The van der Waals surface area contributed by atoms with Gasteiger partial charge in [-0.25, -0.2) is 0 Å². The molecule has 0 atom stereocenters. The van der Waals surface area contributed by atoms with Crippen LogP contribution in [0.25, 0.3) is 54.6 Å². The second kappa shape index (κ2) is 19.1. The molecule has 0 fully saturated rings. The average molecular weight is 941 g/mol. The zero-order chi connectivity index (χ0) is 50.9. The van der Waals surface area contributed by atoms with Gasteiger partial charge in [-0.05, 0) is 213 Å². The second-order valence-corrected chi connectivity index (χ2v) is 22.1. The third-order valence-electron chi connectivity index (χ3n) is 15.7. The minimum absolute atomic E-state index is 0.272. The Bertz CT molecular complexity index is 3390. The number of benzene rings is 10. The van der Waals surface area contributed by atoms with E-state index in [1.54, 1.807) is 0 Å². The number of anilines is 6. The molecule has 0 radical (unpaired) electrons. The molecule has 0 aliphatic heterocycles. The van der Waals surface area contributed by atoms with Crippen molar-refractivity contribution < 1.29 is 0 Å². The van der Waals surface area contributed by atoms with Crippen LogP contribution in [0.3, 0.4) is 0 Å². The quantitative estimate of drug-likeness (QED) is 0.113. The first kappa shape index (κ1) is 48.5. The van der Waals surface area contributed by atoms with Gasteiger partial charge in [0, 0.05) is 33.5 Å². The van der Waals surface area contributed by atoms with E-state index < -0.39 is 0 Å². The monoisotopic (exact) mass is 941 g/mol. The van der Waals surface area contributed by atoms with E-state index in [0.717, 1.165) is 0 Å². The molecule has 72 heavy (non-hydrogen) atoms. The first-order valence-electron chi connectivity index (χ1n) is 26.4. The third-order valence-corrected chi connectivity index (χ3v) is 15.7. The molecule has 10 aromatic carbocycles. The van der Waals surface area contributed by atoms with E-state index in [1.807, 2.05) is 0 Å². The predicted molar refractivity (Wildman–Crippen MR) is 315 cm³/mol. The molecule has 0 amide bonds. The van der Waals surface area contributed by atoms with Crippen LogP contribution in [0.15, 0.2) is 158 Å². The van der Waals surface area contributed by atoms with Crippen LogP contribution >= 0.6 is 0 Å². The molecule has 0 aromatic heterocycles. The minimum atomic E-state index is 0.272. The summed E-state index contributed by atoms with van der Waals surface area (Å²) in [7, 11) is 0. The summed E-state index contributed by atoms with van der Waals surface area (Å²) in [5.74, 6) is 1.30. The maximum atomic E-state index is 2.59. The van der Waals surface area contributed by atoms with Gasteiger partial charge in [0.1, 0.15) is 0 Å². The number of hydrogen-bond acceptors (Lipinski definition) is 2. The maximum absolute atomic E-state index is 2.59. The number of aryl methyl sites for hydroxylation is 6. The minimum Gasteiger partial charge on any atom is -0.310 e. The largest absolute Gasteiger partial charge is 0.310 e. The van der Waals surface area contributed by atoms with E-state index in [1.165, 1.54) is 144 Å². The van der Waals surface area contributed by atoms with Crippen molar-refractivity contribution in [3.8, 4) is 22.3 Å². The van der Waals surface area contributed by atoms with E-state index in [0.29, 0.717) is 11.8 Å². The summed E-state index contributed by atoms with van der Waals surface area (Å²) in [6.07, 6.45) is 0. The highest BCUT2D eigenvalue weighted by atomic mass is 15.2. The molecular formula is C70H72N2. The second-order valence-electron chi connectivity index (χ2n) is 22.1.